The number of carbonyl (C=O) groups is 1. The number of esters is 1. The summed E-state index contributed by atoms with van der Waals surface area (Å²) in [4.78, 5) is 11.2. The van der Waals surface area contributed by atoms with E-state index in [2.05, 4.69) is 11.8 Å². The van der Waals surface area contributed by atoms with Gasteiger partial charge in [-0.2, -0.15) is 0 Å². The Labute approximate surface area is 96.9 Å². The maximum Gasteiger partial charge on any atom is 0.332 e. The van der Waals surface area contributed by atoms with Crippen LogP contribution in [-0.2, 0) is 14.3 Å². The number of aliphatic hydroxyl groups excluding tert-OH is 1. The second-order valence-electron chi connectivity index (χ2n) is 4.22. The summed E-state index contributed by atoms with van der Waals surface area (Å²) in [6.07, 6.45) is 1.04. The van der Waals surface area contributed by atoms with Crippen LogP contribution in [0.4, 0.5) is 0 Å². The highest BCUT2D eigenvalue weighted by Crippen LogP contribution is 2.06. The molecule has 0 radical (unpaired) electrons. The highest BCUT2D eigenvalue weighted by atomic mass is 16.6. The lowest BCUT2D eigenvalue weighted by Gasteiger charge is -2.19. The number of rotatable bonds is 5. The van der Waals surface area contributed by atoms with Gasteiger partial charge in [0, 0.05) is 12.8 Å². The molecule has 1 N–H and O–H groups in total. The Balaban J connectivity index is 3.46. The number of ether oxygens (including phenoxy) is 2. The molecule has 0 aromatic carbocycles. The summed E-state index contributed by atoms with van der Waals surface area (Å²) in [5, 5.41) is 8.45. The predicted octanol–water partition coefficient (Wildman–Crippen LogP) is 1.12. The highest BCUT2D eigenvalue weighted by Gasteiger charge is 2.15. The molecule has 0 aliphatic heterocycles. The van der Waals surface area contributed by atoms with Crippen molar-refractivity contribution >= 4 is 5.97 Å². The summed E-state index contributed by atoms with van der Waals surface area (Å²) in [5.74, 6) is 5.22. The molecule has 0 unspecified atom stereocenters. The summed E-state index contributed by atoms with van der Waals surface area (Å²) in [6, 6.07) is 0. The van der Waals surface area contributed by atoms with Crippen molar-refractivity contribution in [3.8, 4) is 11.8 Å². The maximum absolute atomic E-state index is 11.2. The molecule has 0 rings (SSSR count). The largest absolute Gasteiger partial charge is 0.458 e. The van der Waals surface area contributed by atoms with E-state index >= 15 is 0 Å². The van der Waals surface area contributed by atoms with Crippen LogP contribution in [0.3, 0.4) is 0 Å². The van der Waals surface area contributed by atoms with Gasteiger partial charge in [-0.1, -0.05) is 0 Å². The van der Waals surface area contributed by atoms with E-state index in [1.165, 1.54) is 0 Å². The third-order valence-corrected chi connectivity index (χ3v) is 1.37. The fourth-order valence-electron chi connectivity index (χ4n) is 0.882. The Bertz CT molecular complexity index is 254. The second-order valence-corrected chi connectivity index (χ2v) is 4.22. The second kappa shape index (κ2) is 8.14. The lowest BCUT2D eigenvalue weighted by atomic mass is 10.2. The molecule has 0 aliphatic rings. The van der Waals surface area contributed by atoms with Crippen LogP contribution in [0.1, 0.15) is 33.6 Å². The zero-order valence-corrected chi connectivity index (χ0v) is 10.2. The van der Waals surface area contributed by atoms with Crippen molar-refractivity contribution in [3.05, 3.63) is 0 Å². The first-order valence-electron chi connectivity index (χ1n) is 5.32. The summed E-state index contributed by atoms with van der Waals surface area (Å²) < 4.78 is 10.1. The third kappa shape index (κ3) is 11.0. The molecule has 0 fully saturated rings. The Hall–Kier alpha value is -1.05. The van der Waals surface area contributed by atoms with Crippen molar-refractivity contribution in [2.45, 2.75) is 39.2 Å². The van der Waals surface area contributed by atoms with Crippen molar-refractivity contribution in [3.63, 3.8) is 0 Å². The zero-order chi connectivity index (χ0) is 12.4. The predicted molar refractivity (Wildman–Crippen MR) is 60.8 cm³/mol. The van der Waals surface area contributed by atoms with Gasteiger partial charge in [-0.3, -0.25) is 0 Å². The van der Waals surface area contributed by atoms with Crippen LogP contribution in [0.25, 0.3) is 0 Å². The van der Waals surface area contributed by atoms with Gasteiger partial charge >= 0.3 is 5.97 Å². The molecule has 0 aromatic heterocycles. The molecule has 4 heteroatoms. The molecule has 0 atom stereocenters. The molecule has 16 heavy (non-hydrogen) atoms. The van der Waals surface area contributed by atoms with E-state index in [9.17, 15) is 4.79 Å². The van der Waals surface area contributed by atoms with E-state index < -0.39 is 5.60 Å². The summed E-state index contributed by atoms with van der Waals surface area (Å²) in [5.41, 5.74) is -0.471. The minimum atomic E-state index is -0.471. The molecule has 0 spiro atoms. The number of hydrogen-bond acceptors (Lipinski definition) is 4. The van der Waals surface area contributed by atoms with Gasteiger partial charge < -0.3 is 14.6 Å². The van der Waals surface area contributed by atoms with Gasteiger partial charge in [-0.25, -0.2) is 4.79 Å². The zero-order valence-electron chi connectivity index (χ0n) is 10.2. The lowest BCUT2D eigenvalue weighted by molar-refractivity contribution is -0.160. The van der Waals surface area contributed by atoms with E-state index in [-0.39, 0.29) is 19.2 Å². The van der Waals surface area contributed by atoms with Crippen molar-refractivity contribution in [2.24, 2.45) is 0 Å². The first kappa shape index (κ1) is 14.9. The normalized spacial score (nSPS) is 10.5. The lowest BCUT2D eigenvalue weighted by Crippen LogP contribution is -2.26. The smallest absolute Gasteiger partial charge is 0.332 e. The van der Waals surface area contributed by atoms with E-state index in [0.717, 1.165) is 0 Å². The first-order valence-corrected chi connectivity index (χ1v) is 5.32. The van der Waals surface area contributed by atoms with Crippen molar-refractivity contribution in [1.29, 1.82) is 0 Å². The average molecular weight is 228 g/mol. The van der Waals surface area contributed by atoms with Crippen LogP contribution in [0.2, 0.25) is 0 Å². The minimum absolute atomic E-state index is 0.0427. The van der Waals surface area contributed by atoms with Gasteiger partial charge in [-0.15, -0.1) is 11.8 Å². The van der Waals surface area contributed by atoms with Crippen molar-refractivity contribution in [2.75, 3.05) is 19.8 Å². The van der Waals surface area contributed by atoms with Crippen LogP contribution < -0.4 is 0 Å². The van der Waals surface area contributed by atoms with Crippen LogP contribution >= 0.6 is 0 Å². The minimum Gasteiger partial charge on any atom is -0.458 e. The Morgan fingerprint density at radius 2 is 1.88 bits per heavy atom. The molecular formula is C12H20O4. The topological polar surface area (TPSA) is 55.8 Å². The fraction of sp³-hybridized carbons (Fsp3) is 0.750. The summed E-state index contributed by atoms with van der Waals surface area (Å²) in [7, 11) is 0. The van der Waals surface area contributed by atoms with Crippen LogP contribution in [0.5, 0.6) is 0 Å². The molecule has 0 bridgehead atoms. The molecule has 0 amide bonds. The van der Waals surface area contributed by atoms with E-state index in [1.807, 2.05) is 20.8 Å². The van der Waals surface area contributed by atoms with Crippen LogP contribution in [0, 0.1) is 11.8 Å². The molecule has 92 valence electrons. The molecule has 0 aliphatic carbocycles. The van der Waals surface area contributed by atoms with Crippen molar-refractivity contribution < 1.29 is 19.4 Å². The Morgan fingerprint density at radius 1 is 1.25 bits per heavy atom. The SMILES string of the molecule is CC(C)(C)OC(=O)COCCC#CCCO. The third-order valence-electron chi connectivity index (χ3n) is 1.37. The number of hydrogen-bond donors (Lipinski definition) is 1. The number of aliphatic hydroxyl groups is 1. The van der Waals surface area contributed by atoms with Gasteiger partial charge in [0.15, 0.2) is 0 Å². The molecule has 4 nitrogen and oxygen atoms in total. The molecule has 0 aromatic rings. The number of carbonyl (C=O) groups excluding carboxylic acids is 1. The maximum atomic E-state index is 11.2. The van der Waals surface area contributed by atoms with E-state index in [0.29, 0.717) is 19.4 Å². The Morgan fingerprint density at radius 3 is 2.44 bits per heavy atom. The van der Waals surface area contributed by atoms with Gasteiger partial charge in [0.2, 0.25) is 0 Å². The monoisotopic (exact) mass is 228 g/mol. The summed E-state index contributed by atoms with van der Waals surface area (Å²) in [6.45, 7) is 5.87. The first-order chi connectivity index (χ1) is 7.45. The highest BCUT2D eigenvalue weighted by molar-refractivity contribution is 5.71. The fourth-order valence-corrected chi connectivity index (χ4v) is 0.882. The molecular weight excluding hydrogens is 208 g/mol. The van der Waals surface area contributed by atoms with E-state index in [1.54, 1.807) is 0 Å². The average Bonchev–Trinajstić information content (AvgIpc) is 2.13. The van der Waals surface area contributed by atoms with Crippen molar-refractivity contribution in [1.82, 2.24) is 0 Å². The molecule has 0 saturated carbocycles. The van der Waals surface area contributed by atoms with Gasteiger partial charge in [0.25, 0.3) is 0 Å². The van der Waals surface area contributed by atoms with Crippen LogP contribution in [0.15, 0.2) is 0 Å². The summed E-state index contributed by atoms with van der Waals surface area (Å²) >= 11 is 0. The van der Waals surface area contributed by atoms with E-state index in [4.69, 9.17) is 14.6 Å². The Kier molecular flexibility index (Phi) is 7.61. The van der Waals surface area contributed by atoms with Gasteiger partial charge in [-0.05, 0) is 20.8 Å². The molecule has 0 saturated heterocycles. The standard InChI is InChI=1S/C12H20O4/c1-12(2,3)16-11(14)10-15-9-7-5-4-6-8-13/h13H,6-10H2,1-3H3. The molecule has 0 heterocycles. The quantitative estimate of drug-likeness (QED) is 0.435. The van der Waals surface area contributed by atoms with Crippen LogP contribution in [-0.4, -0.2) is 36.5 Å². The van der Waals surface area contributed by atoms with Gasteiger partial charge in [0.1, 0.15) is 12.2 Å². The van der Waals surface area contributed by atoms with Gasteiger partial charge in [0.05, 0.1) is 13.2 Å².